The summed E-state index contributed by atoms with van der Waals surface area (Å²) in [5.41, 5.74) is 5.04. The second-order valence-corrected chi connectivity index (χ2v) is 18.1. The summed E-state index contributed by atoms with van der Waals surface area (Å²) in [6, 6.07) is 15.6. The fourth-order valence-electron chi connectivity index (χ4n) is 8.31. The highest BCUT2D eigenvalue weighted by atomic mass is 35.5. The van der Waals surface area contributed by atoms with Gasteiger partial charge in [0.15, 0.2) is 17.2 Å². The number of hydrogen-bond donors (Lipinski definition) is 3. The fourth-order valence-corrected chi connectivity index (χ4v) is 8.57. The molecule has 0 bridgehead atoms. The van der Waals surface area contributed by atoms with Gasteiger partial charge in [-0.3, -0.25) is 33.7 Å². The molecule has 0 saturated heterocycles. The maximum Gasteiger partial charge on any atom is 0.274 e. The smallest absolute Gasteiger partial charge is 0.274 e. The molecule has 3 aromatic carbocycles. The number of halogens is 1. The lowest BCUT2D eigenvalue weighted by Gasteiger charge is -2.22. The molecule has 0 fully saturated rings. The van der Waals surface area contributed by atoms with Gasteiger partial charge in [-0.05, 0) is 81.7 Å². The van der Waals surface area contributed by atoms with Gasteiger partial charge >= 0.3 is 0 Å². The van der Waals surface area contributed by atoms with Crippen molar-refractivity contribution in [3.8, 4) is 11.5 Å². The molecule has 354 valence electrons. The summed E-state index contributed by atoms with van der Waals surface area (Å²) in [4.78, 5) is 90.0. The summed E-state index contributed by atoms with van der Waals surface area (Å²) in [7, 11) is 3.98. The summed E-state index contributed by atoms with van der Waals surface area (Å²) in [6.45, 7) is 9.18. The SMILES string of the molecule is Cc1nc2c3c(cc(OCc4ccc(NC(=O)[C@H](C)NC(=O)[C@@H](CC(=O)CCCCCN5C(=O)C=CC5=O)C(C)C)cc4)c2o1)N(C(=O)c1cc2cc(OCCN(C)C)ccc2[nH]1)CC3CCl. The standard InChI is InChI=1S/C50H58ClN7O9/c1-29(2)38(24-36(59)10-8-7-9-19-57-43(60)17-18-44(57)61)49(63)52-30(3)48(62)54-35-13-11-32(12-14-35)28-66-42-25-41-45(46-47(42)67-31(4)53-46)34(26-51)27-58(41)50(64)40-23-33-22-37(15-16-39(33)55-40)65-21-20-56(5)6/h11-18,22-23,25,29-30,34,38,55H,7-10,19-21,24,26-28H2,1-6H3,(H,52,63)(H,54,62)/t30-,34?,38-/m0/s1. The number of fused-ring (bicyclic) bond motifs is 4. The lowest BCUT2D eigenvalue weighted by molar-refractivity contribution is -0.137. The normalized spacial score (nSPS) is 15.5. The number of aromatic nitrogens is 2. The number of amides is 5. The van der Waals surface area contributed by atoms with Gasteiger partial charge in [-0.2, -0.15) is 0 Å². The number of rotatable bonds is 22. The molecule has 2 aliphatic heterocycles. The van der Waals surface area contributed by atoms with Crippen molar-refractivity contribution in [2.75, 3.05) is 56.4 Å². The van der Waals surface area contributed by atoms with Crippen LogP contribution in [-0.4, -0.2) is 107 Å². The summed E-state index contributed by atoms with van der Waals surface area (Å²) < 4.78 is 18.4. The van der Waals surface area contributed by atoms with Gasteiger partial charge in [0.1, 0.15) is 42.0 Å². The van der Waals surface area contributed by atoms with Crippen molar-refractivity contribution in [1.29, 1.82) is 0 Å². The Morgan fingerprint density at radius 1 is 0.955 bits per heavy atom. The summed E-state index contributed by atoms with van der Waals surface area (Å²) in [6.07, 6.45) is 4.66. The van der Waals surface area contributed by atoms with E-state index in [0.717, 1.165) is 34.3 Å². The van der Waals surface area contributed by atoms with Crippen LogP contribution in [-0.2, 0) is 30.6 Å². The molecule has 16 nitrogen and oxygen atoms in total. The number of benzene rings is 3. The zero-order valence-electron chi connectivity index (χ0n) is 38.8. The van der Waals surface area contributed by atoms with Crippen molar-refractivity contribution in [2.45, 2.75) is 78.4 Å². The highest BCUT2D eigenvalue weighted by molar-refractivity contribution is 6.19. The van der Waals surface area contributed by atoms with E-state index in [-0.39, 0.29) is 66.6 Å². The van der Waals surface area contributed by atoms with E-state index in [1.807, 2.05) is 75.3 Å². The Morgan fingerprint density at radius 3 is 2.40 bits per heavy atom. The minimum Gasteiger partial charge on any atom is -0.492 e. The zero-order valence-corrected chi connectivity index (χ0v) is 39.5. The molecule has 2 aliphatic rings. The third-order valence-corrected chi connectivity index (χ3v) is 12.5. The van der Waals surface area contributed by atoms with E-state index in [0.29, 0.717) is 78.8 Å². The number of imide groups is 1. The number of carbonyl (C=O) groups is 6. The van der Waals surface area contributed by atoms with Crippen LogP contribution in [0.25, 0.3) is 22.0 Å². The maximum atomic E-state index is 14.2. The van der Waals surface area contributed by atoms with E-state index in [2.05, 4.69) is 15.6 Å². The van der Waals surface area contributed by atoms with Crippen molar-refractivity contribution < 1.29 is 42.7 Å². The van der Waals surface area contributed by atoms with E-state index in [1.165, 1.54) is 17.1 Å². The van der Waals surface area contributed by atoms with Crippen LogP contribution >= 0.6 is 11.6 Å². The van der Waals surface area contributed by atoms with Gasteiger partial charge < -0.3 is 39.3 Å². The van der Waals surface area contributed by atoms with E-state index in [4.69, 9.17) is 30.5 Å². The second kappa shape index (κ2) is 21.4. The molecule has 67 heavy (non-hydrogen) atoms. The topological polar surface area (TPSA) is 196 Å². The van der Waals surface area contributed by atoms with Gasteiger partial charge in [0.2, 0.25) is 11.8 Å². The summed E-state index contributed by atoms with van der Waals surface area (Å²) >= 11 is 6.52. The van der Waals surface area contributed by atoms with Gasteiger partial charge in [0, 0.05) is 97.5 Å². The average Bonchev–Trinajstić information content (AvgIpc) is 4.08. The van der Waals surface area contributed by atoms with Crippen molar-refractivity contribution in [1.82, 2.24) is 25.1 Å². The zero-order chi connectivity index (χ0) is 47.9. The van der Waals surface area contributed by atoms with E-state index >= 15 is 0 Å². The van der Waals surface area contributed by atoms with Crippen LogP contribution in [0.15, 0.2) is 71.2 Å². The Balaban J connectivity index is 0.941. The Bertz CT molecular complexity index is 2670. The maximum absolute atomic E-state index is 14.2. The van der Waals surface area contributed by atoms with Crippen LogP contribution < -0.4 is 25.0 Å². The molecular formula is C50H58ClN7O9. The number of ketones is 1. The first-order chi connectivity index (χ1) is 32.1. The van der Waals surface area contributed by atoms with Gasteiger partial charge in [-0.15, -0.1) is 11.6 Å². The third-order valence-electron chi connectivity index (χ3n) is 12.1. The molecule has 2 aromatic heterocycles. The Morgan fingerprint density at radius 2 is 1.70 bits per heavy atom. The van der Waals surface area contributed by atoms with Crippen molar-refractivity contribution >= 4 is 80.3 Å². The number of anilines is 2. The van der Waals surface area contributed by atoms with E-state index < -0.39 is 17.9 Å². The number of oxazole rings is 1. The number of nitrogens with zero attached hydrogens (tertiary/aromatic N) is 4. The number of aryl methyl sites for hydroxylation is 1. The number of unbranched alkanes of at least 4 members (excludes halogenated alkanes) is 2. The predicted octanol–water partition coefficient (Wildman–Crippen LogP) is 7.28. The van der Waals surface area contributed by atoms with E-state index in [1.54, 1.807) is 30.9 Å². The van der Waals surface area contributed by atoms with Gasteiger partial charge in [-0.25, -0.2) is 4.98 Å². The predicted molar refractivity (Wildman–Crippen MR) is 256 cm³/mol. The number of Topliss-reactive ketones (excluding diaryl/α,β-unsaturated/α-hetero) is 1. The Labute approximate surface area is 394 Å². The Kier molecular flexibility index (Phi) is 15.5. The monoisotopic (exact) mass is 935 g/mol. The molecule has 0 spiro atoms. The first-order valence-corrected chi connectivity index (χ1v) is 23.2. The van der Waals surface area contributed by atoms with Crippen LogP contribution in [0.2, 0.25) is 0 Å². The molecule has 17 heteroatoms. The van der Waals surface area contributed by atoms with E-state index in [9.17, 15) is 28.8 Å². The molecule has 5 amide bonds. The van der Waals surface area contributed by atoms with Crippen LogP contribution in [0, 0.1) is 18.8 Å². The first-order valence-electron chi connectivity index (χ1n) is 22.7. The molecule has 0 saturated carbocycles. The molecule has 0 aliphatic carbocycles. The third kappa shape index (κ3) is 11.5. The van der Waals surface area contributed by atoms with Crippen LogP contribution in [0.4, 0.5) is 11.4 Å². The Hall–Kier alpha value is -6.52. The molecule has 1 unspecified atom stereocenters. The number of carbonyl (C=O) groups excluding carboxylic acids is 6. The van der Waals surface area contributed by atoms with Crippen LogP contribution in [0.3, 0.4) is 0 Å². The van der Waals surface area contributed by atoms with Crippen molar-refractivity contribution in [3.63, 3.8) is 0 Å². The lowest BCUT2D eigenvalue weighted by Crippen LogP contribution is -2.45. The number of alkyl halides is 1. The highest BCUT2D eigenvalue weighted by Gasteiger charge is 2.37. The largest absolute Gasteiger partial charge is 0.492 e. The summed E-state index contributed by atoms with van der Waals surface area (Å²) in [5, 5.41) is 6.48. The fraction of sp³-hybridized carbons (Fsp3) is 0.420. The minimum absolute atomic E-state index is 0.0475. The quantitative estimate of drug-likeness (QED) is 0.0358. The average molecular weight is 937 g/mol. The first kappa shape index (κ1) is 48.4. The minimum atomic E-state index is -0.878. The van der Waals surface area contributed by atoms with Crippen LogP contribution in [0.5, 0.6) is 11.5 Å². The van der Waals surface area contributed by atoms with Gasteiger partial charge in [-0.1, -0.05) is 32.4 Å². The summed E-state index contributed by atoms with van der Waals surface area (Å²) in [5.74, 6) is -0.831. The van der Waals surface area contributed by atoms with Gasteiger partial charge in [0.25, 0.3) is 17.7 Å². The number of aromatic amines is 1. The van der Waals surface area contributed by atoms with Crippen molar-refractivity contribution in [3.05, 3.63) is 89.5 Å². The number of hydrogen-bond acceptors (Lipinski definition) is 11. The molecular weight excluding hydrogens is 878 g/mol. The molecule has 4 heterocycles. The molecule has 3 atom stereocenters. The van der Waals surface area contributed by atoms with Crippen molar-refractivity contribution in [2.24, 2.45) is 11.8 Å². The number of H-pyrrole nitrogens is 1. The molecule has 3 N–H and O–H groups in total. The molecule has 7 rings (SSSR count). The number of ether oxygens (including phenoxy) is 2. The second-order valence-electron chi connectivity index (χ2n) is 17.8. The van der Waals surface area contributed by atoms with Crippen LogP contribution in [0.1, 0.15) is 86.3 Å². The number of likely N-dealkylation sites (N-methyl/N-ethyl adjacent to an activating group) is 1. The lowest BCUT2D eigenvalue weighted by atomic mass is 9.88. The van der Waals surface area contributed by atoms with Gasteiger partial charge in [0.05, 0.1) is 5.69 Å². The number of nitrogens with one attached hydrogen (secondary N) is 3. The molecule has 5 aromatic rings. The molecule has 0 radical (unpaired) electrons. The highest BCUT2D eigenvalue weighted by Crippen LogP contribution is 2.46.